The molecular formula is C12H19N3OS. The normalized spacial score (nSPS) is 34.2. The summed E-state index contributed by atoms with van der Waals surface area (Å²) in [6.07, 6.45) is 2.51. The topological polar surface area (TPSA) is 47.0 Å². The van der Waals surface area contributed by atoms with Crippen molar-refractivity contribution in [3.05, 3.63) is 5.82 Å². The Labute approximate surface area is 106 Å². The van der Waals surface area contributed by atoms with E-state index >= 15 is 0 Å². The minimum absolute atomic E-state index is 0.208. The van der Waals surface area contributed by atoms with Gasteiger partial charge in [0.15, 0.2) is 0 Å². The fraction of sp³-hybridized carbons (Fsp3) is 0.833. The van der Waals surface area contributed by atoms with Gasteiger partial charge in [0.25, 0.3) is 0 Å². The lowest BCUT2D eigenvalue weighted by molar-refractivity contribution is -0.0923. The number of anilines is 1. The molecule has 0 aromatic carbocycles. The fourth-order valence-corrected chi connectivity index (χ4v) is 3.89. The van der Waals surface area contributed by atoms with Crippen molar-refractivity contribution in [3.63, 3.8) is 0 Å². The van der Waals surface area contributed by atoms with Gasteiger partial charge < -0.3 is 10.1 Å². The second-order valence-electron chi connectivity index (χ2n) is 5.56. The van der Waals surface area contributed by atoms with E-state index in [2.05, 4.69) is 35.4 Å². The molecule has 2 fully saturated rings. The molecule has 1 saturated heterocycles. The average molecular weight is 253 g/mol. The van der Waals surface area contributed by atoms with Crippen LogP contribution in [-0.4, -0.2) is 28.1 Å². The Morgan fingerprint density at radius 3 is 3.06 bits per heavy atom. The van der Waals surface area contributed by atoms with Gasteiger partial charge in [0.1, 0.15) is 5.82 Å². The number of nitrogens with one attached hydrogen (secondary N) is 1. The number of aryl methyl sites for hydroxylation is 1. The first-order chi connectivity index (χ1) is 8.13. The molecule has 94 valence electrons. The summed E-state index contributed by atoms with van der Waals surface area (Å²) in [6, 6.07) is 0.479. The molecule has 4 nitrogen and oxygen atoms in total. The lowest BCUT2D eigenvalue weighted by atomic mass is 9.57. The highest BCUT2D eigenvalue weighted by atomic mass is 32.1. The summed E-state index contributed by atoms with van der Waals surface area (Å²) in [4.78, 5) is 4.49. The highest BCUT2D eigenvalue weighted by Crippen LogP contribution is 2.53. The Hall–Kier alpha value is -0.680. The Balaban J connectivity index is 1.73. The summed E-state index contributed by atoms with van der Waals surface area (Å²) < 4.78 is 10.1. The smallest absolute Gasteiger partial charge is 0.202 e. The quantitative estimate of drug-likeness (QED) is 0.898. The van der Waals surface area contributed by atoms with Gasteiger partial charge in [-0.3, -0.25) is 0 Å². The van der Waals surface area contributed by atoms with Crippen LogP contribution < -0.4 is 5.32 Å². The highest BCUT2D eigenvalue weighted by Gasteiger charge is 2.59. The van der Waals surface area contributed by atoms with E-state index in [1.54, 1.807) is 0 Å². The molecule has 1 aliphatic carbocycles. The molecule has 3 rings (SSSR count). The van der Waals surface area contributed by atoms with Gasteiger partial charge >= 0.3 is 0 Å². The van der Waals surface area contributed by atoms with Crippen LogP contribution in [0.15, 0.2) is 0 Å². The molecular weight excluding hydrogens is 234 g/mol. The number of nitrogens with zero attached hydrogens (tertiary/aromatic N) is 2. The number of fused-ring (bicyclic) bond motifs is 1. The molecule has 0 unspecified atom stereocenters. The number of hydrogen-bond acceptors (Lipinski definition) is 5. The third-order valence-corrected chi connectivity index (χ3v) is 4.85. The Morgan fingerprint density at radius 2 is 2.35 bits per heavy atom. The molecule has 17 heavy (non-hydrogen) atoms. The summed E-state index contributed by atoms with van der Waals surface area (Å²) in [5.74, 6) is 1.59. The van der Waals surface area contributed by atoms with Crippen LogP contribution in [0.1, 0.15) is 33.0 Å². The highest BCUT2D eigenvalue weighted by molar-refractivity contribution is 7.09. The molecule has 1 saturated carbocycles. The van der Waals surface area contributed by atoms with E-state index in [0.29, 0.717) is 18.1 Å². The van der Waals surface area contributed by atoms with E-state index in [1.165, 1.54) is 18.0 Å². The zero-order chi connectivity index (χ0) is 12.0. The van der Waals surface area contributed by atoms with Crippen LogP contribution >= 0.6 is 11.5 Å². The number of ether oxygens (including phenoxy) is 1. The summed E-state index contributed by atoms with van der Waals surface area (Å²) in [6.45, 7) is 7.55. The minimum atomic E-state index is 0.208. The molecule has 5 heteroatoms. The van der Waals surface area contributed by atoms with Gasteiger partial charge in [-0.05, 0) is 6.42 Å². The first kappa shape index (κ1) is 11.4. The second-order valence-corrected chi connectivity index (χ2v) is 6.31. The summed E-state index contributed by atoms with van der Waals surface area (Å²) in [5, 5.41) is 4.52. The third kappa shape index (κ3) is 1.67. The first-order valence-corrected chi connectivity index (χ1v) is 7.11. The zero-order valence-corrected chi connectivity index (χ0v) is 11.4. The zero-order valence-electron chi connectivity index (χ0n) is 10.6. The molecule has 0 amide bonds. The van der Waals surface area contributed by atoms with Gasteiger partial charge in [-0.25, -0.2) is 4.98 Å². The number of aromatic nitrogens is 2. The van der Waals surface area contributed by atoms with E-state index in [4.69, 9.17) is 4.74 Å². The van der Waals surface area contributed by atoms with Crippen molar-refractivity contribution in [1.29, 1.82) is 0 Å². The largest absolute Gasteiger partial charge is 0.377 e. The molecule has 1 aliphatic heterocycles. The van der Waals surface area contributed by atoms with Crippen molar-refractivity contribution in [2.24, 2.45) is 11.3 Å². The fourth-order valence-electron chi connectivity index (χ4n) is 3.21. The van der Waals surface area contributed by atoms with E-state index in [1.807, 2.05) is 0 Å². The SMILES string of the molecule is CCc1nsc(N[C@@H]2[C@@H]3CCO[C@@H]3C2(C)C)n1. The maximum absolute atomic E-state index is 5.79. The van der Waals surface area contributed by atoms with Gasteiger partial charge in [0.2, 0.25) is 5.13 Å². The van der Waals surface area contributed by atoms with Crippen molar-refractivity contribution in [1.82, 2.24) is 9.36 Å². The number of rotatable bonds is 3. The predicted octanol–water partition coefficient (Wildman–Crippen LogP) is 2.33. The van der Waals surface area contributed by atoms with Crippen LogP contribution in [0.5, 0.6) is 0 Å². The third-order valence-electron chi connectivity index (χ3n) is 4.16. The molecule has 2 aliphatic rings. The van der Waals surface area contributed by atoms with Crippen molar-refractivity contribution in [3.8, 4) is 0 Å². The molecule has 2 heterocycles. The van der Waals surface area contributed by atoms with Crippen molar-refractivity contribution < 1.29 is 4.74 Å². The monoisotopic (exact) mass is 253 g/mol. The number of hydrogen-bond donors (Lipinski definition) is 1. The van der Waals surface area contributed by atoms with Crippen LogP contribution in [0.25, 0.3) is 0 Å². The second kappa shape index (κ2) is 3.92. The van der Waals surface area contributed by atoms with Crippen molar-refractivity contribution in [2.45, 2.75) is 45.8 Å². The van der Waals surface area contributed by atoms with Crippen LogP contribution in [0.2, 0.25) is 0 Å². The molecule has 1 aromatic rings. The van der Waals surface area contributed by atoms with Gasteiger partial charge in [-0.2, -0.15) is 4.37 Å². The molecule has 1 aromatic heterocycles. The first-order valence-electron chi connectivity index (χ1n) is 6.33. The molecule has 0 bridgehead atoms. The Morgan fingerprint density at radius 1 is 1.53 bits per heavy atom. The van der Waals surface area contributed by atoms with Crippen LogP contribution in [0, 0.1) is 11.3 Å². The van der Waals surface area contributed by atoms with Gasteiger partial charge in [-0.1, -0.05) is 20.8 Å². The average Bonchev–Trinajstić information content (AvgIpc) is 2.93. The summed E-state index contributed by atoms with van der Waals surface area (Å²) >= 11 is 1.47. The van der Waals surface area contributed by atoms with Crippen molar-refractivity contribution in [2.75, 3.05) is 11.9 Å². The van der Waals surface area contributed by atoms with Crippen LogP contribution in [0.3, 0.4) is 0 Å². The van der Waals surface area contributed by atoms with Gasteiger partial charge in [0.05, 0.1) is 6.10 Å². The van der Waals surface area contributed by atoms with Gasteiger partial charge in [0, 0.05) is 41.9 Å². The van der Waals surface area contributed by atoms with Crippen LogP contribution in [0.4, 0.5) is 5.13 Å². The van der Waals surface area contributed by atoms with Crippen molar-refractivity contribution >= 4 is 16.7 Å². The molecule has 1 N–H and O–H groups in total. The van der Waals surface area contributed by atoms with E-state index < -0.39 is 0 Å². The van der Waals surface area contributed by atoms with Crippen LogP contribution in [-0.2, 0) is 11.2 Å². The Kier molecular flexibility index (Phi) is 2.63. The molecule has 0 spiro atoms. The summed E-state index contributed by atoms with van der Waals surface area (Å²) in [5.41, 5.74) is 0.208. The maximum atomic E-state index is 5.79. The Bertz CT molecular complexity index is 418. The lowest BCUT2D eigenvalue weighted by Crippen LogP contribution is -2.63. The van der Waals surface area contributed by atoms with E-state index in [0.717, 1.165) is 24.0 Å². The summed E-state index contributed by atoms with van der Waals surface area (Å²) in [7, 11) is 0. The van der Waals surface area contributed by atoms with E-state index in [-0.39, 0.29) is 5.41 Å². The molecule has 3 atom stereocenters. The van der Waals surface area contributed by atoms with Gasteiger partial charge in [-0.15, -0.1) is 0 Å². The standard InChI is InChI=1S/C12H19N3OS/c1-4-8-13-11(17-15-8)14-9-7-5-6-16-10(7)12(9,2)3/h7,9-10H,4-6H2,1-3H3,(H,13,14,15)/t7-,9+,10-/m0/s1. The lowest BCUT2D eigenvalue weighted by Gasteiger charge is -2.54. The molecule has 0 radical (unpaired) electrons. The minimum Gasteiger partial charge on any atom is -0.377 e. The predicted molar refractivity (Wildman–Crippen MR) is 68.3 cm³/mol. The maximum Gasteiger partial charge on any atom is 0.202 e. The van der Waals surface area contributed by atoms with E-state index in [9.17, 15) is 0 Å².